The van der Waals surface area contributed by atoms with Crippen molar-refractivity contribution in [2.75, 3.05) is 11.9 Å². The van der Waals surface area contributed by atoms with Gasteiger partial charge >= 0.3 is 0 Å². The van der Waals surface area contributed by atoms with Gasteiger partial charge in [0.1, 0.15) is 11.5 Å². The van der Waals surface area contributed by atoms with E-state index in [1.165, 1.54) is 5.56 Å². The summed E-state index contributed by atoms with van der Waals surface area (Å²) in [5, 5.41) is 3.41. The summed E-state index contributed by atoms with van der Waals surface area (Å²) >= 11 is 0. The van der Waals surface area contributed by atoms with Crippen LogP contribution in [0.3, 0.4) is 0 Å². The molecular weight excluding hydrogens is 274 g/mol. The number of anilines is 1. The summed E-state index contributed by atoms with van der Waals surface area (Å²) in [5.74, 6) is 1.83. The van der Waals surface area contributed by atoms with Crippen LogP contribution in [0.25, 0.3) is 0 Å². The second kappa shape index (κ2) is 8.32. The molecule has 3 nitrogen and oxygen atoms in total. The molecule has 0 saturated heterocycles. The zero-order valence-corrected chi connectivity index (χ0v) is 13.6. The molecule has 0 aliphatic heterocycles. The number of hydrogen-bond donors (Lipinski definition) is 1. The summed E-state index contributed by atoms with van der Waals surface area (Å²) in [7, 11) is 0. The van der Waals surface area contributed by atoms with Gasteiger partial charge in [-0.25, -0.2) is 0 Å². The maximum atomic E-state index is 5.78. The van der Waals surface area contributed by atoms with Crippen molar-refractivity contribution in [3.05, 3.63) is 54.1 Å². The van der Waals surface area contributed by atoms with Gasteiger partial charge in [-0.2, -0.15) is 0 Å². The molecule has 0 heterocycles. The van der Waals surface area contributed by atoms with Crippen molar-refractivity contribution in [1.82, 2.24) is 0 Å². The first-order chi connectivity index (χ1) is 10.7. The van der Waals surface area contributed by atoms with Crippen molar-refractivity contribution >= 4 is 5.69 Å². The van der Waals surface area contributed by atoms with E-state index < -0.39 is 0 Å². The van der Waals surface area contributed by atoms with Gasteiger partial charge in [-0.3, -0.25) is 0 Å². The predicted octanol–water partition coefficient (Wildman–Crippen LogP) is 4.87. The number of hydrogen-bond acceptors (Lipinski definition) is 3. The molecule has 0 bridgehead atoms. The molecule has 1 atom stereocenters. The van der Waals surface area contributed by atoms with Crippen molar-refractivity contribution in [3.8, 4) is 11.5 Å². The van der Waals surface area contributed by atoms with Gasteiger partial charge in [0, 0.05) is 12.2 Å². The third kappa shape index (κ3) is 4.99. The van der Waals surface area contributed by atoms with E-state index in [0.29, 0.717) is 6.61 Å². The Bertz CT molecular complexity index is 566. The molecule has 0 amide bonds. The van der Waals surface area contributed by atoms with Crippen molar-refractivity contribution < 1.29 is 9.47 Å². The Morgan fingerprint density at radius 3 is 2.45 bits per heavy atom. The van der Waals surface area contributed by atoms with E-state index in [4.69, 9.17) is 9.47 Å². The molecule has 0 radical (unpaired) electrons. The summed E-state index contributed by atoms with van der Waals surface area (Å²) in [6, 6.07) is 16.3. The monoisotopic (exact) mass is 299 g/mol. The summed E-state index contributed by atoms with van der Waals surface area (Å²) in [6.45, 7) is 7.66. The first-order valence-corrected chi connectivity index (χ1v) is 7.93. The van der Waals surface area contributed by atoms with Crippen molar-refractivity contribution in [3.63, 3.8) is 0 Å². The molecule has 0 aromatic heterocycles. The minimum atomic E-state index is 0.250. The lowest BCUT2D eigenvalue weighted by atomic mass is 10.2. The quantitative estimate of drug-likeness (QED) is 0.754. The van der Waals surface area contributed by atoms with Gasteiger partial charge in [0.25, 0.3) is 0 Å². The maximum Gasteiger partial charge on any atom is 0.119 e. The average Bonchev–Trinajstić information content (AvgIpc) is 2.55. The molecule has 2 rings (SSSR count). The normalized spacial score (nSPS) is 11.8. The van der Waals surface area contributed by atoms with Gasteiger partial charge in [0.05, 0.1) is 12.7 Å². The van der Waals surface area contributed by atoms with Gasteiger partial charge in [0.15, 0.2) is 0 Å². The number of ether oxygens (including phenoxy) is 2. The molecule has 0 aliphatic rings. The van der Waals surface area contributed by atoms with E-state index in [1.807, 2.05) is 43.3 Å². The summed E-state index contributed by atoms with van der Waals surface area (Å²) in [4.78, 5) is 0. The fourth-order valence-corrected chi connectivity index (χ4v) is 2.08. The van der Waals surface area contributed by atoms with Crippen LogP contribution in [0.15, 0.2) is 48.5 Å². The maximum absolute atomic E-state index is 5.78. The Morgan fingerprint density at radius 2 is 1.77 bits per heavy atom. The van der Waals surface area contributed by atoms with Gasteiger partial charge in [0.2, 0.25) is 0 Å². The summed E-state index contributed by atoms with van der Waals surface area (Å²) < 4.78 is 11.3. The van der Waals surface area contributed by atoms with Crippen LogP contribution in [-0.2, 0) is 6.54 Å². The van der Waals surface area contributed by atoms with Gasteiger partial charge in [-0.15, -0.1) is 0 Å². The van der Waals surface area contributed by atoms with Crippen LogP contribution in [0.4, 0.5) is 5.69 Å². The topological polar surface area (TPSA) is 30.5 Å². The first-order valence-electron chi connectivity index (χ1n) is 7.93. The number of benzene rings is 2. The minimum absolute atomic E-state index is 0.250. The van der Waals surface area contributed by atoms with E-state index >= 15 is 0 Å². The molecule has 0 saturated carbocycles. The molecule has 0 aliphatic carbocycles. The molecular formula is C19H25NO2. The summed E-state index contributed by atoms with van der Waals surface area (Å²) in [5.41, 5.74) is 2.28. The molecule has 22 heavy (non-hydrogen) atoms. The van der Waals surface area contributed by atoms with E-state index in [0.717, 1.165) is 30.2 Å². The van der Waals surface area contributed by atoms with Gasteiger partial charge in [-0.1, -0.05) is 19.1 Å². The second-order valence-corrected chi connectivity index (χ2v) is 5.30. The van der Waals surface area contributed by atoms with Crippen LogP contribution in [-0.4, -0.2) is 12.7 Å². The predicted molar refractivity (Wildman–Crippen MR) is 91.8 cm³/mol. The minimum Gasteiger partial charge on any atom is -0.494 e. The number of rotatable bonds is 8. The first kappa shape index (κ1) is 16.2. The zero-order valence-electron chi connectivity index (χ0n) is 13.6. The average molecular weight is 299 g/mol. The van der Waals surface area contributed by atoms with Crippen molar-refractivity contribution in [2.24, 2.45) is 0 Å². The second-order valence-electron chi connectivity index (χ2n) is 5.30. The van der Waals surface area contributed by atoms with E-state index in [-0.39, 0.29) is 6.10 Å². The van der Waals surface area contributed by atoms with E-state index in [1.54, 1.807) is 0 Å². The Balaban J connectivity index is 1.90. The zero-order chi connectivity index (χ0) is 15.8. The highest BCUT2D eigenvalue weighted by Crippen LogP contribution is 2.19. The highest BCUT2D eigenvalue weighted by molar-refractivity contribution is 5.47. The fourth-order valence-electron chi connectivity index (χ4n) is 2.08. The highest BCUT2D eigenvalue weighted by Gasteiger charge is 2.01. The largest absolute Gasteiger partial charge is 0.494 e. The van der Waals surface area contributed by atoms with Gasteiger partial charge < -0.3 is 14.8 Å². The van der Waals surface area contributed by atoms with E-state index in [2.05, 4.69) is 31.3 Å². The Kier molecular flexibility index (Phi) is 6.13. The number of nitrogens with one attached hydrogen (secondary N) is 1. The Labute approximate surface area is 133 Å². The van der Waals surface area contributed by atoms with Crippen molar-refractivity contribution in [2.45, 2.75) is 39.8 Å². The lowest BCUT2D eigenvalue weighted by Crippen LogP contribution is -2.09. The summed E-state index contributed by atoms with van der Waals surface area (Å²) in [6.07, 6.45) is 1.26. The molecule has 0 fully saturated rings. The third-order valence-electron chi connectivity index (χ3n) is 3.47. The van der Waals surface area contributed by atoms with Crippen LogP contribution >= 0.6 is 0 Å². The Hall–Kier alpha value is -2.16. The molecule has 1 unspecified atom stereocenters. The van der Waals surface area contributed by atoms with Crippen LogP contribution in [0.2, 0.25) is 0 Å². The fraction of sp³-hybridized carbons (Fsp3) is 0.368. The molecule has 118 valence electrons. The highest BCUT2D eigenvalue weighted by atomic mass is 16.5. The molecule has 2 aromatic carbocycles. The SMILES string of the molecule is CCOc1cccc(CNc2ccc(OC(C)CC)cc2)c1. The van der Waals surface area contributed by atoms with Crippen LogP contribution in [0.1, 0.15) is 32.8 Å². The molecule has 1 N–H and O–H groups in total. The lowest BCUT2D eigenvalue weighted by molar-refractivity contribution is 0.217. The third-order valence-corrected chi connectivity index (χ3v) is 3.47. The van der Waals surface area contributed by atoms with E-state index in [9.17, 15) is 0 Å². The standard InChI is InChI=1S/C19H25NO2/c1-4-15(3)22-18-11-9-17(10-12-18)20-14-16-7-6-8-19(13-16)21-5-2/h6-13,15,20H,4-5,14H2,1-3H3. The van der Waals surface area contributed by atoms with Gasteiger partial charge in [-0.05, 0) is 62.2 Å². The van der Waals surface area contributed by atoms with Crippen molar-refractivity contribution in [1.29, 1.82) is 0 Å². The molecule has 3 heteroatoms. The van der Waals surface area contributed by atoms with Crippen LogP contribution in [0.5, 0.6) is 11.5 Å². The molecule has 2 aromatic rings. The smallest absolute Gasteiger partial charge is 0.119 e. The molecule has 0 spiro atoms. The Morgan fingerprint density at radius 1 is 1.00 bits per heavy atom. The van der Waals surface area contributed by atoms with Crippen LogP contribution < -0.4 is 14.8 Å². The lowest BCUT2D eigenvalue weighted by Gasteiger charge is -2.13. The van der Waals surface area contributed by atoms with Crippen LogP contribution in [0, 0.1) is 0 Å².